The summed E-state index contributed by atoms with van der Waals surface area (Å²) in [6.45, 7) is 2.18. The molecule has 0 aromatic heterocycles. The summed E-state index contributed by atoms with van der Waals surface area (Å²) in [6, 6.07) is 0. The van der Waals surface area contributed by atoms with Gasteiger partial charge in [0.25, 0.3) is 0 Å². The Labute approximate surface area is 114 Å². The van der Waals surface area contributed by atoms with Gasteiger partial charge in [0.1, 0.15) is 0 Å². The number of likely N-dealkylation sites (tertiary alicyclic amines) is 1. The molecule has 1 atom stereocenters. The van der Waals surface area contributed by atoms with Crippen LogP contribution in [0.15, 0.2) is 0 Å². The first-order valence-electron chi connectivity index (χ1n) is 7.39. The van der Waals surface area contributed by atoms with E-state index in [0.717, 1.165) is 45.1 Å². The van der Waals surface area contributed by atoms with Crippen molar-refractivity contribution in [2.24, 2.45) is 11.8 Å². The molecule has 1 aliphatic carbocycles. The third kappa shape index (κ3) is 4.20. The van der Waals surface area contributed by atoms with Crippen LogP contribution in [0.1, 0.15) is 38.5 Å². The van der Waals surface area contributed by atoms with Crippen molar-refractivity contribution in [2.75, 3.05) is 26.2 Å². The van der Waals surface area contributed by atoms with Gasteiger partial charge in [0, 0.05) is 32.2 Å². The maximum Gasteiger partial charge on any atom is 0.225 e. The highest BCUT2D eigenvalue weighted by molar-refractivity contribution is 5.83. The molecule has 2 N–H and O–H groups in total. The zero-order valence-corrected chi connectivity index (χ0v) is 11.4. The molecule has 0 spiro atoms. The molecule has 0 aromatic rings. The van der Waals surface area contributed by atoms with Crippen molar-refractivity contribution in [1.82, 2.24) is 10.2 Å². The Morgan fingerprint density at radius 3 is 2.63 bits per heavy atom. The lowest BCUT2D eigenvalue weighted by atomic mass is 9.96. The van der Waals surface area contributed by atoms with Crippen LogP contribution in [0.5, 0.6) is 0 Å². The number of rotatable bonds is 6. The van der Waals surface area contributed by atoms with Crippen molar-refractivity contribution in [1.29, 1.82) is 0 Å². The third-order valence-electron chi connectivity index (χ3n) is 3.91. The number of carbonyl (C=O) groups excluding carboxylic acids is 2. The number of hydrogen-bond acceptors (Lipinski definition) is 3. The number of carbonyl (C=O) groups is 2. The van der Waals surface area contributed by atoms with Crippen LogP contribution in [-0.4, -0.2) is 48.1 Å². The molecule has 1 saturated heterocycles. The minimum Gasteiger partial charge on any atom is -0.396 e. The predicted molar refractivity (Wildman–Crippen MR) is 71.4 cm³/mol. The van der Waals surface area contributed by atoms with Crippen molar-refractivity contribution in [3.63, 3.8) is 0 Å². The Morgan fingerprint density at radius 2 is 1.95 bits per heavy atom. The molecule has 19 heavy (non-hydrogen) atoms. The van der Waals surface area contributed by atoms with Crippen LogP contribution in [0.3, 0.4) is 0 Å². The Balaban J connectivity index is 1.73. The monoisotopic (exact) mass is 268 g/mol. The fourth-order valence-electron chi connectivity index (χ4n) is 2.57. The van der Waals surface area contributed by atoms with Crippen molar-refractivity contribution < 1.29 is 14.7 Å². The molecule has 1 heterocycles. The molecule has 1 aliphatic heterocycles. The topological polar surface area (TPSA) is 69.6 Å². The smallest absolute Gasteiger partial charge is 0.225 e. The molecule has 2 aliphatic rings. The van der Waals surface area contributed by atoms with Gasteiger partial charge in [-0.1, -0.05) is 0 Å². The van der Waals surface area contributed by atoms with E-state index >= 15 is 0 Å². The van der Waals surface area contributed by atoms with E-state index in [-0.39, 0.29) is 30.3 Å². The average molecular weight is 268 g/mol. The summed E-state index contributed by atoms with van der Waals surface area (Å²) in [6.07, 6.45) is 5.37. The second kappa shape index (κ2) is 6.89. The molecular weight excluding hydrogens is 244 g/mol. The Kier molecular flexibility index (Phi) is 5.19. The Morgan fingerprint density at radius 1 is 1.16 bits per heavy atom. The van der Waals surface area contributed by atoms with Crippen molar-refractivity contribution in [2.45, 2.75) is 38.5 Å². The number of piperidine rings is 1. The molecule has 108 valence electrons. The van der Waals surface area contributed by atoms with Crippen molar-refractivity contribution >= 4 is 11.8 Å². The lowest BCUT2D eigenvalue weighted by Crippen LogP contribution is -2.46. The summed E-state index contributed by atoms with van der Waals surface area (Å²) >= 11 is 0. The quantitative estimate of drug-likeness (QED) is 0.690. The van der Waals surface area contributed by atoms with Gasteiger partial charge in [-0.15, -0.1) is 0 Å². The lowest BCUT2D eigenvalue weighted by molar-refractivity contribution is -0.136. The second-order valence-corrected chi connectivity index (χ2v) is 5.62. The van der Waals surface area contributed by atoms with E-state index in [4.69, 9.17) is 5.11 Å². The molecule has 0 radical (unpaired) electrons. The van der Waals surface area contributed by atoms with Gasteiger partial charge in [-0.05, 0) is 38.5 Å². The van der Waals surface area contributed by atoms with E-state index in [2.05, 4.69) is 5.32 Å². The first kappa shape index (κ1) is 14.3. The number of unbranched alkanes of at least 4 members (excludes halogenated alkanes) is 1. The van der Waals surface area contributed by atoms with Gasteiger partial charge >= 0.3 is 0 Å². The number of aliphatic hydroxyl groups excluding tert-OH is 1. The summed E-state index contributed by atoms with van der Waals surface area (Å²) < 4.78 is 0. The molecule has 2 fully saturated rings. The molecule has 5 nitrogen and oxygen atoms in total. The van der Waals surface area contributed by atoms with E-state index in [1.807, 2.05) is 4.90 Å². The van der Waals surface area contributed by atoms with Crippen LogP contribution in [-0.2, 0) is 9.59 Å². The molecule has 1 saturated carbocycles. The predicted octanol–water partition coefficient (Wildman–Crippen LogP) is 0.524. The Bertz CT molecular complexity index is 329. The summed E-state index contributed by atoms with van der Waals surface area (Å²) in [4.78, 5) is 25.9. The van der Waals surface area contributed by atoms with E-state index in [1.165, 1.54) is 0 Å². The standard InChI is InChI=1S/C14H24N2O3/c17-9-2-1-7-15-13(18)12-4-3-8-16(10-12)14(19)11-5-6-11/h11-12,17H,1-10H2,(H,15,18). The van der Waals surface area contributed by atoms with Crippen LogP contribution in [0.4, 0.5) is 0 Å². The normalized spacial score (nSPS) is 23.2. The molecule has 2 rings (SSSR count). The van der Waals surface area contributed by atoms with Gasteiger partial charge in [-0.3, -0.25) is 9.59 Å². The van der Waals surface area contributed by atoms with Gasteiger partial charge < -0.3 is 15.3 Å². The zero-order chi connectivity index (χ0) is 13.7. The van der Waals surface area contributed by atoms with Gasteiger partial charge in [0.05, 0.1) is 5.92 Å². The summed E-state index contributed by atoms with van der Waals surface area (Å²) in [5, 5.41) is 11.6. The molecule has 0 bridgehead atoms. The van der Waals surface area contributed by atoms with Crippen LogP contribution >= 0.6 is 0 Å². The van der Waals surface area contributed by atoms with Crippen LogP contribution < -0.4 is 5.32 Å². The molecule has 1 unspecified atom stereocenters. The largest absolute Gasteiger partial charge is 0.396 e. The molecule has 0 aromatic carbocycles. The van der Waals surface area contributed by atoms with Gasteiger partial charge in [-0.25, -0.2) is 0 Å². The highest BCUT2D eigenvalue weighted by Gasteiger charge is 2.36. The first-order valence-corrected chi connectivity index (χ1v) is 7.39. The minimum atomic E-state index is -0.0504. The van der Waals surface area contributed by atoms with E-state index in [0.29, 0.717) is 13.1 Å². The minimum absolute atomic E-state index is 0.0504. The zero-order valence-electron chi connectivity index (χ0n) is 11.4. The SMILES string of the molecule is O=C(NCCCCO)C1CCCN(C(=O)C2CC2)C1. The maximum atomic E-state index is 12.0. The lowest BCUT2D eigenvalue weighted by Gasteiger charge is -2.32. The highest BCUT2D eigenvalue weighted by Crippen LogP contribution is 2.32. The first-order chi connectivity index (χ1) is 9.22. The fraction of sp³-hybridized carbons (Fsp3) is 0.857. The van der Waals surface area contributed by atoms with E-state index < -0.39 is 0 Å². The summed E-state index contributed by atoms with van der Waals surface area (Å²) in [5.74, 6) is 0.501. The molecular formula is C14H24N2O3. The number of aliphatic hydroxyl groups is 1. The van der Waals surface area contributed by atoms with Crippen LogP contribution in [0, 0.1) is 11.8 Å². The summed E-state index contributed by atoms with van der Waals surface area (Å²) in [7, 11) is 0. The van der Waals surface area contributed by atoms with Crippen LogP contribution in [0.2, 0.25) is 0 Å². The second-order valence-electron chi connectivity index (χ2n) is 5.62. The Hall–Kier alpha value is -1.10. The molecule has 2 amide bonds. The number of nitrogens with one attached hydrogen (secondary N) is 1. The van der Waals surface area contributed by atoms with Gasteiger partial charge in [0.2, 0.25) is 11.8 Å². The van der Waals surface area contributed by atoms with Gasteiger partial charge in [-0.2, -0.15) is 0 Å². The van der Waals surface area contributed by atoms with Crippen molar-refractivity contribution in [3.05, 3.63) is 0 Å². The van der Waals surface area contributed by atoms with E-state index in [1.54, 1.807) is 0 Å². The third-order valence-corrected chi connectivity index (χ3v) is 3.91. The average Bonchev–Trinajstić information content (AvgIpc) is 3.27. The number of amides is 2. The van der Waals surface area contributed by atoms with Crippen LogP contribution in [0.25, 0.3) is 0 Å². The number of hydrogen-bond donors (Lipinski definition) is 2. The fourth-order valence-corrected chi connectivity index (χ4v) is 2.57. The van der Waals surface area contributed by atoms with Crippen molar-refractivity contribution in [3.8, 4) is 0 Å². The molecule has 5 heteroatoms. The summed E-state index contributed by atoms with van der Waals surface area (Å²) in [5.41, 5.74) is 0. The van der Waals surface area contributed by atoms with Gasteiger partial charge in [0.15, 0.2) is 0 Å². The highest BCUT2D eigenvalue weighted by atomic mass is 16.3. The van der Waals surface area contributed by atoms with E-state index in [9.17, 15) is 9.59 Å². The number of nitrogens with zero attached hydrogens (tertiary/aromatic N) is 1. The maximum absolute atomic E-state index is 12.0.